The Labute approximate surface area is 98.1 Å². The van der Waals surface area contributed by atoms with Gasteiger partial charge in [-0.05, 0) is 6.92 Å². The molecule has 112 valence electrons. The Kier molecular flexibility index (Phi) is 2.82. The number of alkyl halides is 10. The summed E-state index contributed by atoms with van der Waals surface area (Å²) >= 11 is 0. The summed E-state index contributed by atoms with van der Waals surface area (Å²) in [6, 6.07) is 0. The molecule has 0 aromatic carbocycles. The van der Waals surface area contributed by atoms with E-state index in [1.165, 1.54) is 0 Å². The molecule has 1 fully saturated rings. The van der Waals surface area contributed by atoms with Crippen molar-refractivity contribution in [3.63, 3.8) is 0 Å². The van der Waals surface area contributed by atoms with Crippen molar-refractivity contribution in [2.75, 3.05) is 0 Å². The van der Waals surface area contributed by atoms with E-state index < -0.39 is 48.2 Å². The van der Waals surface area contributed by atoms with Crippen LogP contribution in [0.5, 0.6) is 0 Å². The first-order chi connectivity index (χ1) is 8.06. The molecule has 1 aliphatic rings. The van der Waals surface area contributed by atoms with Crippen LogP contribution in [0.25, 0.3) is 0 Å². The van der Waals surface area contributed by atoms with Gasteiger partial charge >= 0.3 is 29.4 Å². The summed E-state index contributed by atoms with van der Waals surface area (Å²) in [7, 11) is 0. The van der Waals surface area contributed by atoms with Gasteiger partial charge in [0.1, 0.15) is 0 Å². The molecule has 0 amide bonds. The van der Waals surface area contributed by atoms with Gasteiger partial charge in [0.05, 0.1) is 0 Å². The van der Waals surface area contributed by atoms with Crippen molar-refractivity contribution >= 4 is 6.29 Å². The largest absolute Gasteiger partial charge is 0.379 e. The highest BCUT2D eigenvalue weighted by molar-refractivity contribution is 5.69. The Bertz CT molecular complexity index is 382. The Balaban J connectivity index is 3.81. The third kappa shape index (κ3) is 1.21. The number of hydrogen-bond acceptors (Lipinski definition) is 1. The summed E-state index contributed by atoms with van der Waals surface area (Å²) in [4.78, 5) is 10.0. The van der Waals surface area contributed by atoms with Crippen molar-refractivity contribution in [1.29, 1.82) is 0 Å². The van der Waals surface area contributed by atoms with E-state index in [-0.39, 0.29) is 0 Å². The maximum absolute atomic E-state index is 13.3. The number of rotatable bonds is 1. The van der Waals surface area contributed by atoms with E-state index in [1.807, 2.05) is 0 Å². The SMILES string of the molecule is CC1(F)C(F)(F)C(F)(F)C(F)(F)C(F)(C=O)C1(F)F. The molecule has 1 rings (SSSR count). The zero-order valence-corrected chi connectivity index (χ0v) is 8.77. The number of aldehydes is 1. The topological polar surface area (TPSA) is 17.1 Å². The van der Waals surface area contributed by atoms with E-state index in [9.17, 15) is 48.7 Å². The Morgan fingerprint density at radius 3 is 1.32 bits per heavy atom. The fraction of sp³-hybridized carbons (Fsp3) is 0.875. The van der Waals surface area contributed by atoms with E-state index >= 15 is 0 Å². The van der Waals surface area contributed by atoms with Crippen LogP contribution >= 0.6 is 0 Å². The summed E-state index contributed by atoms with van der Waals surface area (Å²) < 4.78 is 130. The van der Waals surface area contributed by atoms with Crippen LogP contribution in [-0.2, 0) is 4.79 Å². The predicted octanol–water partition coefficient (Wildman–Crippen LogP) is 3.18. The highest BCUT2D eigenvalue weighted by Crippen LogP contribution is 2.68. The van der Waals surface area contributed by atoms with Gasteiger partial charge < -0.3 is 0 Å². The molecule has 11 heteroatoms. The minimum atomic E-state index is -6.83. The van der Waals surface area contributed by atoms with Crippen LogP contribution < -0.4 is 0 Å². The zero-order chi connectivity index (χ0) is 15.7. The first kappa shape index (κ1) is 16.0. The summed E-state index contributed by atoms with van der Waals surface area (Å²) in [5, 5.41) is 0. The molecule has 0 spiro atoms. The summed E-state index contributed by atoms with van der Waals surface area (Å²) in [6.45, 7) is -0.881. The lowest BCUT2D eigenvalue weighted by atomic mass is 9.68. The van der Waals surface area contributed by atoms with Crippen LogP contribution in [0.15, 0.2) is 0 Å². The lowest BCUT2D eigenvalue weighted by Crippen LogP contribution is -2.84. The molecule has 1 saturated carbocycles. The van der Waals surface area contributed by atoms with Gasteiger partial charge in [0.25, 0.3) is 0 Å². The van der Waals surface area contributed by atoms with Crippen molar-refractivity contribution in [2.45, 2.75) is 42.0 Å². The summed E-state index contributed by atoms with van der Waals surface area (Å²) in [6.07, 6.45) is -1.99. The maximum atomic E-state index is 13.3. The number of halogens is 10. The lowest BCUT2D eigenvalue weighted by molar-refractivity contribution is -0.446. The number of hydrogen-bond donors (Lipinski definition) is 0. The highest BCUT2D eigenvalue weighted by Gasteiger charge is 2.98. The third-order valence-electron chi connectivity index (χ3n) is 3.04. The monoisotopic (exact) mass is 306 g/mol. The Morgan fingerprint density at radius 2 is 1.00 bits per heavy atom. The van der Waals surface area contributed by atoms with Crippen molar-refractivity contribution in [3.8, 4) is 0 Å². The van der Waals surface area contributed by atoms with Crippen molar-refractivity contribution < 1.29 is 48.7 Å². The van der Waals surface area contributed by atoms with E-state index in [0.29, 0.717) is 0 Å². The van der Waals surface area contributed by atoms with Crippen LogP contribution in [-0.4, -0.2) is 41.3 Å². The maximum Gasteiger partial charge on any atom is 0.379 e. The van der Waals surface area contributed by atoms with Crippen LogP contribution in [0.1, 0.15) is 6.92 Å². The summed E-state index contributed by atoms with van der Waals surface area (Å²) in [5.41, 5.74) is -11.8. The van der Waals surface area contributed by atoms with Gasteiger partial charge in [0, 0.05) is 0 Å². The second-order valence-corrected chi connectivity index (χ2v) is 4.13. The zero-order valence-electron chi connectivity index (χ0n) is 8.77. The van der Waals surface area contributed by atoms with Gasteiger partial charge in [-0.2, -0.15) is 35.1 Å². The van der Waals surface area contributed by atoms with E-state index in [1.54, 1.807) is 0 Å². The van der Waals surface area contributed by atoms with Crippen molar-refractivity contribution in [2.24, 2.45) is 0 Å². The van der Waals surface area contributed by atoms with Crippen molar-refractivity contribution in [3.05, 3.63) is 0 Å². The number of carbonyl (C=O) groups excluding carboxylic acids is 1. The highest BCUT2D eigenvalue weighted by atomic mass is 19.4. The van der Waals surface area contributed by atoms with E-state index in [4.69, 9.17) is 0 Å². The molecule has 0 aliphatic heterocycles. The number of carbonyl (C=O) groups is 1. The molecule has 0 aromatic rings. The minimum Gasteiger partial charge on any atom is -0.299 e. The smallest absolute Gasteiger partial charge is 0.299 e. The molecule has 0 aromatic heterocycles. The second-order valence-electron chi connectivity index (χ2n) is 4.13. The lowest BCUT2D eigenvalue weighted by Gasteiger charge is -2.52. The molecule has 0 saturated heterocycles. The molecule has 0 heterocycles. The summed E-state index contributed by atoms with van der Waals surface area (Å²) in [5.74, 6) is -26.6. The molecule has 1 aliphatic carbocycles. The average Bonchev–Trinajstić information content (AvgIpc) is 2.24. The molecule has 2 atom stereocenters. The van der Waals surface area contributed by atoms with Gasteiger partial charge in [-0.3, -0.25) is 4.79 Å². The van der Waals surface area contributed by atoms with Crippen LogP contribution in [0, 0.1) is 0 Å². The van der Waals surface area contributed by atoms with Gasteiger partial charge in [0.2, 0.25) is 5.67 Å². The molecule has 1 nitrogen and oxygen atoms in total. The molecule has 0 bridgehead atoms. The average molecular weight is 306 g/mol. The second kappa shape index (κ2) is 3.35. The molecular formula is C8H4F10O. The fourth-order valence-electron chi connectivity index (χ4n) is 1.60. The van der Waals surface area contributed by atoms with Crippen LogP contribution in [0.3, 0.4) is 0 Å². The molecular weight excluding hydrogens is 302 g/mol. The first-order valence-electron chi connectivity index (χ1n) is 4.41. The normalized spacial score (nSPS) is 42.7. The van der Waals surface area contributed by atoms with Gasteiger partial charge in [0.15, 0.2) is 6.29 Å². The minimum absolute atomic E-state index is 0.881. The predicted molar refractivity (Wildman–Crippen MR) is 39.2 cm³/mol. The third-order valence-corrected chi connectivity index (χ3v) is 3.04. The van der Waals surface area contributed by atoms with E-state index in [0.717, 1.165) is 0 Å². The van der Waals surface area contributed by atoms with Gasteiger partial charge in [-0.1, -0.05) is 0 Å². The molecule has 0 radical (unpaired) electrons. The van der Waals surface area contributed by atoms with Crippen LogP contribution in [0.4, 0.5) is 43.9 Å². The van der Waals surface area contributed by atoms with Gasteiger partial charge in [-0.15, -0.1) is 0 Å². The van der Waals surface area contributed by atoms with Crippen molar-refractivity contribution in [1.82, 2.24) is 0 Å². The molecule has 2 unspecified atom stereocenters. The quantitative estimate of drug-likeness (QED) is 0.537. The fourth-order valence-corrected chi connectivity index (χ4v) is 1.60. The van der Waals surface area contributed by atoms with E-state index in [2.05, 4.69) is 0 Å². The molecule has 0 N–H and O–H groups in total. The first-order valence-corrected chi connectivity index (χ1v) is 4.41. The standard InChI is InChI=1S/C8H4F10O/c1-3(9)5(11,12)4(10,2-19)7(15,16)8(17,18)6(3,13)14/h2H,1H3. The Morgan fingerprint density at radius 1 is 0.632 bits per heavy atom. The Hall–Kier alpha value is -1.03. The molecule has 19 heavy (non-hydrogen) atoms. The van der Waals surface area contributed by atoms with Crippen LogP contribution in [0.2, 0.25) is 0 Å². The van der Waals surface area contributed by atoms with Gasteiger partial charge in [-0.25, -0.2) is 8.78 Å².